The molecule has 5 heteroatoms. The van der Waals surface area contributed by atoms with Crippen LogP contribution in [0.1, 0.15) is 91.9 Å². The van der Waals surface area contributed by atoms with Crippen LogP contribution in [0, 0.1) is 40.4 Å². The summed E-state index contributed by atoms with van der Waals surface area (Å²) in [5, 5.41) is 40.7. The van der Waals surface area contributed by atoms with Gasteiger partial charge in [0, 0.05) is 0 Å². The van der Waals surface area contributed by atoms with E-state index in [0.29, 0.717) is 36.0 Å². The third-order valence-electron chi connectivity index (χ3n) is 10.6. The van der Waals surface area contributed by atoms with Crippen molar-refractivity contribution in [2.24, 2.45) is 40.4 Å². The molecule has 0 amide bonds. The normalized spacial score (nSPS) is 46.3. The fourth-order valence-electron chi connectivity index (χ4n) is 8.68. The zero-order valence-corrected chi connectivity index (χ0v) is 20.4. The average molecular weight is 449 g/mol. The van der Waals surface area contributed by atoms with Crippen LogP contribution in [0.15, 0.2) is 11.6 Å². The summed E-state index contributed by atoms with van der Waals surface area (Å²) in [5.41, 5.74) is -0.00956. The van der Waals surface area contributed by atoms with Crippen molar-refractivity contribution in [2.75, 3.05) is 0 Å². The molecule has 0 bridgehead atoms. The number of aliphatic hydroxyl groups excluding tert-OH is 2. The summed E-state index contributed by atoms with van der Waals surface area (Å²) < 4.78 is 0. The van der Waals surface area contributed by atoms with Gasteiger partial charge in [-0.15, -0.1) is 0 Å². The van der Waals surface area contributed by atoms with Gasteiger partial charge in [-0.2, -0.15) is 0 Å². The Kier molecular flexibility index (Phi) is 6.35. The fourth-order valence-corrected chi connectivity index (χ4v) is 8.68. The van der Waals surface area contributed by atoms with E-state index < -0.39 is 17.7 Å². The molecule has 182 valence electrons. The molecular formula is C27H44O5. The van der Waals surface area contributed by atoms with E-state index in [4.69, 9.17) is 0 Å². The first-order valence-electron chi connectivity index (χ1n) is 12.9. The van der Waals surface area contributed by atoms with E-state index in [-0.39, 0.29) is 16.9 Å². The summed E-state index contributed by atoms with van der Waals surface area (Å²) in [5.74, 6) is 1.26. The smallest absolute Gasteiger partial charge is 0.335 e. The molecule has 10 atom stereocenters. The maximum Gasteiger partial charge on any atom is 0.335 e. The first-order chi connectivity index (χ1) is 14.9. The lowest BCUT2D eigenvalue weighted by Crippen LogP contribution is -2.54. The minimum atomic E-state index is -1.64. The summed E-state index contributed by atoms with van der Waals surface area (Å²) in [6.07, 6.45) is 10.7. The molecule has 3 saturated carbocycles. The SMILES string of the molecule is C[C@H](CCCC(C)(O)C(=O)O)[C@H]1CCC2C3C(O)C=C4C[C@@H](O)CC[C@]4(C)C3CC[C@@]21C. The lowest BCUT2D eigenvalue weighted by molar-refractivity contribution is -0.157. The Morgan fingerprint density at radius 1 is 1.16 bits per heavy atom. The quantitative estimate of drug-likeness (QED) is 0.447. The Hall–Kier alpha value is -0.910. The van der Waals surface area contributed by atoms with Crippen LogP contribution in [0.4, 0.5) is 0 Å². The molecule has 0 aromatic heterocycles. The van der Waals surface area contributed by atoms with Crippen molar-refractivity contribution in [2.45, 2.75) is 110 Å². The van der Waals surface area contributed by atoms with Crippen molar-refractivity contribution < 1.29 is 25.2 Å². The lowest BCUT2D eigenvalue weighted by Gasteiger charge is -2.59. The van der Waals surface area contributed by atoms with Gasteiger partial charge in [0.1, 0.15) is 0 Å². The van der Waals surface area contributed by atoms with Crippen LogP contribution in [-0.4, -0.2) is 44.2 Å². The molecule has 0 spiro atoms. The lowest BCUT2D eigenvalue weighted by atomic mass is 9.46. The van der Waals surface area contributed by atoms with Crippen LogP contribution in [0.3, 0.4) is 0 Å². The molecular weight excluding hydrogens is 404 g/mol. The number of fused-ring (bicyclic) bond motifs is 5. The third kappa shape index (κ3) is 3.86. The van der Waals surface area contributed by atoms with Crippen molar-refractivity contribution in [1.29, 1.82) is 0 Å². The minimum Gasteiger partial charge on any atom is -0.479 e. The highest BCUT2D eigenvalue weighted by molar-refractivity contribution is 5.76. The van der Waals surface area contributed by atoms with Crippen molar-refractivity contribution >= 4 is 5.97 Å². The molecule has 5 unspecified atom stereocenters. The number of aliphatic hydroxyl groups is 3. The maximum absolute atomic E-state index is 11.3. The number of carboxylic acid groups (broad SMARTS) is 1. The topological polar surface area (TPSA) is 98.0 Å². The second kappa shape index (κ2) is 8.39. The Balaban J connectivity index is 1.48. The zero-order chi connectivity index (χ0) is 23.5. The molecule has 0 radical (unpaired) electrons. The number of carbonyl (C=O) groups is 1. The summed E-state index contributed by atoms with van der Waals surface area (Å²) in [4.78, 5) is 11.2. The van der Waals surface area contributed by atoms with Gasteiger partial charge in [-0.1, -0.05) is 38.8 Å². The molecule has 0 aromatic rings. The Morgan fingerprint density at radius 3 is 2.56 bits per heavy atom. The van der Waals surface area contributed by atoms with Crippen LogP contribution < -0.4 is 0 Å². The fraction of sp³-hybridized carbons (Fsp3) is 0.889. The van der Waals surface area contributed by atoms with Gasteiger partial charge < -0.3 is 20.4 Å². The zero-order valence-electron chi connectivity index (χ0n) is 20.4. The molecule has 4 rings (SSSR count). The van der Waals surface area contributed by atoms with Crippen LogP contribution in [0.5, 0.6) is 0 Å². The number of hydrogen-bond donors (Lipinski definition) is 4. The van der Waals surface area contributed by atoms with E-state index in [1.165, 1.54) is 31.8 Å². The van der Waals surface area contributed by atoms with E-state index in [0.717, 1.165) is 38.5 Å². The molecule has 4 aliphatic carbocycles. The standard InChI is InChI=1S/C27H44O5/c1-16(6-5-11-27(4,32)24(30)31)19-7-8-20-23-21(10-13-26(19,20)3)25(2)12-9-18(28)14-17(25)15-22(23)29/h15-16,18-23,28-29,32H,5-14H2,1-4H3,(H,30,31)/t16-,18+,19-,20?,21?,22?,23?,25+,26-,27?/m1/s1. The highest BCUT2D eigenvalue weighted by Crippen LogP contribution is 2.67. The van der Waals surface area contributed by atoms with Crippen LogP contribution in [0.25, 0.3) is 0 Å². The molecule has 0 saturated heterocycles. The Bertz CT molecular complexity index is 759. The van der Waals surface area contributed by atoms with Crippen molar-refractivity contribution in [1.82, 2.24) is 0 Å². The maximum atomic E-state index is 11.3. The van der Waals surface area contributed by atoms with Gasteiger partial charge in [0.15, 0.2) is 5.60 Å². The van der Waals surface area contributed by atoms with E-state index in [1.54, 1.807) is 0 Å². The summed E-state index contributed by atoms with van der Waals surface area (Å²) >= 11 is 0. The largest absolute Gasteiger partial charge is 0.479 e. The van der Waals surface area contributed by atoms with Crippen molar-refractivity contribution in [3.05, 3.63) is 11.6 Å². The van der Waals surface area contributed by atoms with E-state index in [2.05, 4.69) is 26.8 Å². The number of hydrogen-bond acceptors (Lipinski definition) is 4. The van der Waals surface area contributed by atoms with Crippen molar-refractivity contribution in [3.8, 4) is 0 Å². The molecule has 4 N–H and O–H groups in total. The second-order valence-corrected chi connectivity index (χ2v) is 12.5. The van der Waals surface area contributed by atoms with Gasteiger partial charge in [-0.05, 0) is 105 Å². The molecule has 32 heavy (non-hydrogen) atoms. The Labute approximate surface area is 193 Å². The predicted molar refractivity (Wildman–Crippen MR) is 124 cm³/mol. The monoisotopic (exact) mass is 448 g/mol. The van der Waals surface area contributed by atoms with Crippen LogP contribution in [-0.2, 0) is 4.79 Å². The summed E-state index contributed by atoms with van der Waals surface area (Å²) in [7, 11) is 0. The Morgan fingerprint density at radius 2 is 1.88 bits per heavy atom. The number of aliphatic carboxylic acids is 1. The van der Waals surface area contributed by atoms with Gasteiger partial charge >= 0.3 is 5.97 Å². The first-order valence-corrected chi connectivity index (χ1v) is 12.9. The highest BCUT2D eigenvalue weighted by atomic mass is 16.4. The van der Waals surface area contributed by atoms with Gasteiger partial charge in [-0.3, -0.25) is 0 Å². The van der Waals surface area contributed by atoms with Gasteiger partial charge in [0.05, 0.1) is 12.2 Å². The van der Waals surface area contributed by atoms with Crippen LogP contribution >= 0.6 is 0 Å². The predicted octanol–water partition coefficient (Wildman–Crippen LogP) is 4.54. The average Bonchev–Trinajstić information content (AvgIpc) is 3.06. The molecule has 0 aromatic carbocycles. The summed E-state index contributed by atoms with van der Waals surface area (Å²) in [6, 6.07) is 0. The number of carboxylic acids is 1. The highest BCUT2D eigenvalue weighted by Gasteiger charge is 2.61. The minimum absolute atomic E-state index is 0.122. The van der Waals surface area contributed by atoms with E-state index in [1.807, 2.05) is 0 Å². The molecule has 0 aliphatic heterocycles. The first kappa shape index (κ1) is 24.2. The van der Waals surface area contributed by atoms with Gasteiger partial charge in [0.25, 0.3) is 0 Å². The summed E-state index contributed by atoms with van der Waals surface area (Å²) in [6.45, 7) is 8.54. The number of rotatable bonds is 6. The van der Waals surface area contributed by atoms with Gasteiger partial charge in [0.2, 0.25) is 0 Å². The van der Waals surface area contributed by atoms with Gasteiger partial charge in [-0.25, -0.2) is 4.79 Å². The third-order valence-corrected chi connectivity index (χ3v) is 10.6. The van der Waals surface area contributed by atoms with E-state index >= 15 is 0 Å². The van der Waals surface area contributed by atoms with E-state index in [9.17, 15) is 25.2 Å². The van der Waals surface area contributed by atoms with Crippen molar-refractivity contribution in [3.63, 3.8) is 0 Å². The molecule has 4 aliphatic rings. The molecule has 3 fully saturated rings. The second-order valence-electron chi connectivity index (χ2n) is 12.5. The molecule has 5 nitrogen and oxygen atoms in total. The van der Waals surface area contributed by atoms with Crippen LogP contribution in [0.2, 0.25) is 0 Å². The molecule has 0 heterocycles.